The van der Waals surface area contributed by atoms with E-state index in [4.69, 9.17) is 10.1 Å². The zero-order chi connectivity index (χ0) is 25.3. The minimum absolute atomic E-state index is 0.165. The number of H-pyrrole nitrogens is 1. The first kappa shape index (κ1) is 22.0. The molecule has 5 aromatic heterocycles. The van der Waals surface area contributed by atoms with Gasteiger partial charge in [0, 0.05) is 53.8 Å². The van der Waals surface area contributed by atoms with Crippen LogP contribution in [0.1, 0.15) is 25.7 Å². The molecule has 5 aromatic rings. The summed E-state index contributed by atoms with van der Waals surface area (Å²) >= 11 is 0. The molecule has 0 saturated heterocycles. The van der Waals surface area contributed by atoms with E-state index in [1.165, 1.54) is 6.07 Å². The summed E-state index contributed by atoms with van der Waals surface area (Å²) in [6.45, 7) is 0. The quantitative estimate of drug-likeness (QED) is 0.331. The number of fused-ring (bicyclic) bond motifs is 5. The molecule has 3 N–H and O–H groups in total. The van der Waals surface area contributed by atoms with E-state index in [2.05, 4.69) is 20.4 Å². The van der Waals surface area contributed by atoms with Crippen LogP contribution in [0.25, 0.3) is 39.1 Å². The highest BCUT2D eigenvalue weighted by Gasteiger charge is 2.47. The summed E-state index contributed by atoms with van der Waals surface area (Å²) in [6.07, 6.45) is 12.4. The molecule has 188 valence electrons. The number of halogens is 1. The number of nitrogens with one attached hydrogen (secondary N) is 2. The standard InChI is InChI=1S/C26H25FN8O2/c1-34-11-16(8-30-34)15-6-20-25(31-22-14-4-2-13(3-5-14)21(22)26(36)37)32-24(33-35(20)12-15)19-10-29-23-18(19)7-17(27)9-28-23/h6-14,21-22H,2-5H2,1H3,(H,28,29)(H,36,37)(H,31,32,33)/t13?,14?,21-,22-/m0/s1. The molecule has 0 aliphatic heterocycles. The van der Waals surface area contributed by atoms with E-state index in [9.17, 15) is 14.3 Å². The molecule has 3 aliphatic carbocycles. The number of aromatic nitrogens is 7. The molecule has 37 heavy (non-hydrogen) atoms. The number of pyridine rings is 1. The molecule has 3 saturated carbocycles. The number of carboxylic acid groups (broad SMARTS) is 1. The summed E-state index contributed by atoms with van der Waals surface area (Å²) in [5, 5.41) is 23.2. The number of aliphatic carboxylic acids is 1. The first-order valence-corrected chi connectivity index (χ1v) is 12.5. The zero-order valence-corrected chi connectivity index (χ0v) is 20.1. The first-order chi connectivity index (χ1) is 17.9. The fraction of sp³-hybridized carbons (Fsp3) is 0.346. The van der Waals surface area contributed by atoms with Gasteiger partial charge in [-0.2, -0.15) is 5.10 Å². The Labute approximate surface area is 210 Å². The van der Waals surface area contributed by atoms with E-state index in [0.29, 0.717) is 28.2 Å². The second-order valence-corrected chi connectivity index (χ2v) is 10.2. The Balaban J connectivity index is 1.39. The molecule has 0 aromatic carbocycles. The number of carboxylic acids is 1. The van der Waals surface area contributed by atoms with Gasteiger partial charge in [-0.1, -0.05) is 0 Å². The molecule has 3 aliphatic rings. The fourth-order valence-corrected chi connectivity index (χ4v) is 6.28. The number of nitrogens with zero attached hydrogens (tertiary/aromatic N) is 6. The van der Waals surface area contributed by atoms with Crippen LogP contribution in [-0.4, -0.2) is 51.5 Å². The van der Waals surface area contributed by atoms with Crippen molar-refractivity contribution in [1.29, 1.82) is 0 Å². The van der Waals surface area contributed by atoms with Gasteiger partial charge in [-0.05, 0) is 49.7 Å². The van der Waals surface area contributed by atoms with Crippen LogP contribution in [0.5, 0.6) is 0 Å². The summed E-state index contributed by atoms with van der Waals surface area (Å²) in [5.74, 6) is -0.305. The molecule has 0 unspecified atom stereocenters. The highest BCUT2D eigenvalue weighted by Crippen LogP contribution is 2.46. The van der Waals surface area contributed by atoms with Crippen LogP contribution in [0, 0.1) is 23.6 Å². The van der Waals surface area contributed by atoms with Crippen LogP contribution < -0.4 is 5.32 Å². The van der Waals surface area contributed by atoms with Crippen molar-refractivity contribution in [2.75, 3.05) is 5.32 Å². The molecule has 0 radical (unpaired) electrons. The van der Waals surface area contributed by atoms with Crippen molar-refractivity contribution < 1.29 is 14.3 Å². The van der Waals surface area contributed by atoms with Crippen molar-refractivity contribution in [1.82, 2.24) is 34.3 Å². The monoisotopic (exact) mass is 500 g/mol. The van der Waals surface area contributed by atoms with E-state index in [1.807, 2.05) is 25.5 Å². The molecule has 5 heterocycles. The fourth-order valence-electron chi connectivity index (χ4n) is 6.28. The topological polar surface area (TPSA) is 126 Å². The van der Waals surface area contributed by atoms with Gasteiger partial charge in [0.1, 0.15) is 17.0 Å². The van der Waals surface area contributed by atoms with Crippen LogP contribution in [0.4, 0.5) is 10.2 Å². The van der Waals surface area contributed by atoms with Gasteiger partial charge in [0.15, 0.2) is 11.6 Å². The lowest BCUT2D eigenvalue weighted by atomic mass is 9.61. The van der Waals surface area contributed by atoms with E-state index in [1.54, 1.807) is 21.6 Å². The SMILES string of the molecule is Cn1cc(-c2cc3c(N[C@H]4C5CCC(CC5)[C@@H]4C(=O)O)nc(-c4c[nH]c5ncc(F)cc45)nn3c2)cn1. The molecule has 8 rings (SSSR count). The highest BCUT2D eigenvalue weighted by atomic mass is 19.1. The smallest absolute Gasteiger partial charge is 0.308 e. The van der Waals surface area contributed by atoms with E-state index in [0.717, 1.165) is 48.5 Å². The van der Waals surface area contributed by atoms with Gasteiger partial charge in [0.25, 0.3) is 0 Å². The van der Waals surface area contributed by atoms with Gasteiger partial charge in [-0.25, -0.2) is 18.9 Å². The molecule has 2 bridgehead atoms. The van der Waals surface area contributed by atoms with Crippen molar-refractivity contribution in [3.05, 3.63) is 48.9 Å². The Bertz CT molecular complexity index is 1660. The predicted octanol–water partition coefficient (Wildman–Crippen LogP) is 4.11. The highest BCUT2D eigenvalue weighted by molar-refractivity contribution is 5.92. The Morgan fingerprint density at radius 2 is 1.95 bits per heavy atom. The normalized spacial score (nSPS) is 23.2. The lowest BCUT2D eigenvalue weighted by molar-refractivity contribution is -0.148. The number of rotatable bonds is 5. The van der Waals surface area contributed by atoms with Crippen molar-refractivity contribution >= 4 is 28.3 Å². The van der Waals surface area contributed by atoms with Crippen molar-refractivity contribution in [2.24, 2.45) is 24.8 Å². The Kier molecular flexibility index (Phi) is 4.82. The van der Waals surface area contributed by atoms with Crippen molar-refractivity contribution in [3.63, 3.8) is 0 Å². The summed E-state index contributed by atoms with van der Waals surface area (Å²) in [7, 11) is 1.86. The minimum Gasteiger partial charge on any atom is -0.481 e. The van der Waals surface area contributed by atoms with Gasteiger partial charge in [0.2, 0.25) is 0 Å². The molecule has 0 amide bonds. The summed E-state index contributed by atoms with van der Waals surface area (Å²) in [6, 6.07) is 3.16. The molecule has 0 spiro atoms. The van der Waals surface area contributed by atoms with E-state index >= 15 is 0 Å². The first-order valence-electron chi connectivity index (χ1n) is 12.5. The second-order valence-electron chi connectivity index (χ2n) is 10.2. The van der Waals surface area contributed by atoms with Crippen LogP contribution in [0.2, 0.25) is 0 Å². The van der Waals surface area contributed by atoms with Crippen LogP contribution in [-0.2, 0) is 11.8 Å². The lowest BCUT2D eigenvalue weighted by Crippen LogP contribution is -2.51. The van der Waals surface area contributed by atoms with E-state index < -0.39 is 17.7 Å². The molecular formula is C26H25FN8O2. The average Bonchev–Trinajstić information content (AvgIpc) is 3.62. The third-order valence-electron chi connectivity index (χ3n) is 8.05. The van der Waals surface area contributed by atoms with Crippen LogP contribution in [0.15, 0.2) is 43.1 Å². The minimum atomic E-state index is -0.762. The number of hydrogen-bond acceptors (Lipinski definition) is 6. The molecular weight excluding hydrogens is 475 g/mol. The number of anilines is 1. The van der Waals surface area contributed by atoms with Crippen molar-refractivity contribution in [2.45, 2.75) is 31.7 Å². The maximum absolute atomic E-state index is 14.1. The molecule has 3 fully saturated rings. The molecule has 10 nitrogen and oxygen atoms in total. The van der Waals surface area contributed by atoms with Gasteiger partial charge >= 0.3 is 5.97 Å². The van der Waals surface area contributed by atoms with Crippen molar-refractivity contribution in [3.8, 4) is 22.5 Å². The predicted molar refractivity (Wildman–Crippen MR) is 134 cm³/mol. The summed E-state index contributed by atoms with van der Waals surface area (Å²) < 4.78 is 17.5. The number of hydrogen-bond donors (Lipinski definition) is 3. The third-order valence-corrected chi connectivity index (χ3v) is 8.05. The van der Waals surface area contributed by atoms with Gasteiger partial charge < -0.3 is 15.4 Å². The maximum atomic E-state index is 14.1. The van der Waals surface area contributed by atoms with Crippen LogP contribution in [0.3, 0.4) is 0 Å². The summed E-state index contributed by atoms with van der Waals surface area (Å²) in [4.78, 5) is 24.4. The molecule has 2 atom stereocenters. The van der Waals surface area contributed by atoms with E-state index in [-0.39, 0.29) is 17.9 Å². The Morgan fingerprint density at radius 3 is 2.70 bits per heavy atom. The maximum Gasteiger partial charge on any atom is 0.308 e. The van der Waals surface area contributed by atoms with Gasteiger partial charge in [-0.3, -0.25) is 9.48 Å². The van der Waals surface area contributed by atoms with Gasteiger partial charge in [-0.15, -0.1) is 5.10 Å². The number of aromatic amines is 1. The number of carbonyl (C=O) groups is 1. The average molecular weight is 501 g/mol. The van der Waals surface area contributed by atoms with Crippen LogP contribution >= 0.6 is 0 Å². The van der Waals surface area contributed by atoms with Gasteiger partial charge in [0.05, 0.1) is 18.3 Å². The Morgan fingerprint density at radius 1 is 1.14 bits per heavy atom. The lowest BCUT2D eigenvalue weighted by Gasteiger charge is -2.47. The Hall–Kier alpha value is -4.28. The molecule has 11 heteroatoms. The largest absolute Gasteiger partial charge is 0.481 e. The number of aryl methyl sites for hydroxylation is 1. The zero-order valence-electron chi connectivity index (χ0n) is 20.1. The third kappa shape index (κ3) is 3.56. The summed E-state index contributed by atoms with van der Waals surface area (Å²) in [5.41, 5.74) is 3.72. The second kappa shape index (κ2) is 8.12.